The molecule has 0 aliphatic rings. The van der Waals surface area contributed by atoms with Crippen LogP contribution in [0.2, 0.25) is 0 Å². The molecule has 1 amide bonds. The van der Waals surface area contributed by atoms with Gasteiger partial charge in [0, 0.05) is 6.54 Å². The summed E-state index contributed by atoms with van der Waals surface area (Å²) in [5.41, 5.74) is 11.9. The lowest BCUT2D eigenvalue weighted by Crippen LogP contribution is -2.34. The summed E-state index contributed by atoms with van der Waals surface area (Å²) in [5.74, 6) is -1.53. The largest absolute Gasteiger partial charge is 0.478 e. The van der Waals surface area contributed by atoms with Gasteiger partial charge in [0.25, 0.3) is 0 Å². The summed E-state index contributed by atoms with van der Waals surface area (Å²) < 4.78 is 0. The van der Waals surface area contributed by atoms with Crippen LogP contribution in [-0.4, -0.2) is 30.1 Å². The normalized spacial score (nSPS) is 9.94. The Kier molecular flexibility index (Phi) is 3.92. The summed E-state index contributed by atoms with van der Waals surface area (Å²) in [6.45, 7) is 2.34. The molecule has 1 aromatic carbocycles. The molecular formula is C11H15N3O3. The number of amides is 1. The quantitative estimate of drug-likeness (QED) is 0.637. The first-order valence-electron chi connectivity index (χ1n) is 5.11. The predicted molar refractivity (Wildman–Crippen MR) is 64.9 cm³/mol. The Hall–Kier alpha value is -2.24. The smallest absolute Gasteiger partial charge is 0.335 e. The zero-order chi connectivity index (χ0) is 13.0. The van der Waals surface area contributed by atoms with E-state index in [2.05, 4.69) is 0 Å². The number of aromatic carboxylic acids is 1. The topological polar surface area (TPSA) is 110 Å². The molecule has 0 aliphatic carbocycles. The summed E-state index contributed by atoms with van der Waals surface area (Å²) in [4.78, 5) is 23.4. The molecule has 0 bridgehead atoms. The lowest BCUT2D eigenvalue weighted by Gasteiger charge is -2.23. The molecule has 0 spiro atoms. The van der Waals surface area contributed by atoms with E-state index in [1.54, 1.807) is 4.90 Å². The first-order valence-corrected chi connectivity index (χ1v) is 5.11. The highest BCUT2D eigenvalue weighted by molar-refractivity contribution is 5.91. The van der Waals surface area contributed by atoms with Crippen molar-refractivity contribution in [3.8, 4) is 0 Å². The van der Waals surface area contributed by atoms with Crippen LogP contribution in [0.3, 0.4) is 0 Å². The van der Waals surface area contributed by atoms with Gasteiger partial charge in [-0.1, -0.05) is 0 Å². The van der Waals surface area contributed by atoms with Gasteiger partial charge in [-0.05, 0) is 25.1 Å². The molecular weight excluding hydrogens is 222 g/mol. The second kappa shape index (κ2) is 5.20. The van der Waals surface area contributed by atoms with Crippen molar-refractivity contribution in [2.75, 3.05) is 23.7 Å². The number of anilines is 2. The van der Waals surface area contributed by atoms with Gasteiger partial charge in [-0.15, -0.1) is 0 Å². The van der Waals surface area contributed by atoms with Crippen molar-refractivity contribution < 1.29 is 14.7 Å². The number of carbonyl (C=O) groups excluding carboxylic acids is 1. The minimum Gasteiger partial charge on any atom is -0.478 e. The van der Waals surface area contributed by atoms with Gasteiger partial charge in [0.05, 0.1) is 23.5 Å². The molecule has 0 unspecified atom stereocenters. The summed E-state index contributed by atoms with van der Waals surface area (Å²) in [6.07, 6.45) is 0. The molecule has 0 saturated carbocycles. The summed E-state index contributed by atoms with van der Waals surface area (Å²) >= 11 is 0. The molecule has 0 heterocycles. The second-order valence-corrected chi connectivity index (χ2v) is 3.56. The molecule has 0 fully saturated rings. The van der Waals surface area contributed by atoms with E-state index in [1.807, 2.05) is 6.92 Å². The molecule has 0 radical (unpaired) electrons. The molecule has 1 aromatic rings. The van der Waals surface area contributed by atoms with Crippen LogP contribution in [0.15, 0.2) is 18.2 Å². The van der Waals surface area contributed by atoms with Crippen LogP contribution in [0, 0.1) is 0 Å². The molecule has 0 atom stereocenters. The highest BCUT2D eigenvalue weighted by atomic mass is 16.4. The highest BCUT2D eigenvalue weighted by Gasteiger charge is 2.13. The van der Waals surface area contributed by atoms with E-state index in [4.69, 9.17) is 16.6 Å². The van der Waals surface area contributed by atoms with E-state index in [1.165, 1.54) is 18.2 Å². The number of nitrogens with two attached hydrogens (primary N) is 2. The van der Waals surface area contributed by atoms with Crippen LogP contribution in [0.5, 0.6) is 0 Å². The van der Waals surface area contributed by atoms with Gasteiger partial charge < -0.3 is 21.5 Å². The molecule has 6 heteroatoms. The van der Waals surface area contributed by atoms with E-state index in [9.17, 15) is 9.59 Å². The average Bonchev–Trinajstić information content (AvgIpc) is 2.26. The number of rotatable bonds is 5. The molecule has 0 saturated heterocycles. The van der Waals surface area contributed by atoms with Crippen molar-refractivity contribution in [3.05, 3.63) is 23.8 Å². The van der Waals surface area contributed by atoms with Gasteiger partial charge in [0.2, 0.25) is 5.91 Å². The van der Waals surface area contributed by atoms with Crippen LogP contribution >= 0.6 is 0 Å². The first-order chi connectivity index (χ1) is 7.95. The fourth-order valence-corrected chi connectivity index (χ4v) is 1.51. The molecule has 1 rings (SSSR count). The molecule has 92 valence electrons. The SMILES string of the molecule is CCN(CC(N)=O)c1cc(C(=O)O)ccc1N. The Morgan fingerprint density at radius 1 is 1.41 bits per heavy atom. The van der Waals surface area contributed by atoms with Crippen LogP contribution in [0.1, 0.15) is 17.3 Å². The number of hydrogen-bond acceptors (Lipinski definition) is 4. The van der Waals surface area contributed by atoms with Gasteiger partial charge in [-0.25, -0.2) is 4.79 Å². The maximum absolute atomic E-state index is 10.9. The van der Waals surface area contributed by atoms with Crippen LogP contribution in [0.4, 0.5) is 11.4 Å². The van der Waals surface area contributed by atoms with E-state index in [0.717, 1.165) is 0 Å². The third-order valence-corrected chi connectivity index (χ3v) is 2.35. The third-order valence-electron chi connectivity index (χ3n) is 2.35. The summed E-state index contributed by atoms with van der Waals surface area (Å²) in [6, 6.07) is 4.35. The number of primary amides is 1. The number of nitrogen functional groups attached to an aromatic ring is 1. The van der Waals surface area contributed by atoms with Gasteiger partial charge in [0.1, 0.15) is 0 Å². The second-order valence-electron chi connectivity index (χ2n) is 3.56. The number of carboxylic acids is 1. The predicted octanol–water partition coefficient (Wildman–Crippen LogP) is 0.279. The monoisotopic (exact) mass is 237 g/mol. The highest BCUT2D eigenvalue weighted by Crippen LogP contribution is 2.24. The Bertz CT molecular complexity index is 446. The van der Waals surface area contributed by atoms with Crippen LogP contribution < -0.4 is 16.4 Å². The van der Waals surface area contributed by atoms with E-state index in [0.29, 0.717) is 17.9 Å². The number of benzene rings is 1. The standard InChI is InChI=1S/C11H15N3O3/c1-2-14(6-10(13)15)9-5-7(11(16)17)3-4-8(9)12/h3-5H,2,6,12H2,1H3,(H2,13,15)(H,16,17). The fourth-order valence-electron chi connectivity index (χ4n) is 1.51. The molecule has 17 heavy (non-hydrogen) atoms. The van der Waals surface area contributed by atoms with E-state index >= 15 is 0 Å². The van der Waals surface area contributed by atoms with Crippen molar-refractivity contribution >= 4 is 23.3 Å². The van der Waals surface area contributed by atoms with Gasteiger partial charge in [0.15, 0.2) is 0 Å². The van der Waals surface area contributed by atoms with Gasteiger partial charge in [-0.2, -0.15) is 0 Å². The van der Waals surface area contributed by atoms with Crippen molar-refractivity contribution in [2.24, 2.45) is 5.73 Å². The maximum atomic E-state index is 10.9. The maximum Gasteiger partial charge on any atom is 0.335 e. The van der Waals surface area contributed by atoms with Gasteiger partial charge in [-0.3, -0.25) is 4.79 Å². The number of carbonyl (C=O) groups is 2. The lowest BCUT2D eigenvalue weighted by atomic mass is 10.1. The van der Waals surface area contributed by atoms with Crippen molar-refractivity contribution in [3.63, 3.8) is 0 Å². The summed E-state index contributed by atoms with van der Waals surface area (Å²) in [5, 5.41) is 8.89. The number of likely N-dealkylation sites (N-methyl/N-ethyl adjacent to an activating group) is 1. The minimum atomic E-state index is -1.04. The van der Waals surface area contributed by atoms with Crippen LogP contribution in [-0.2, 0) is 4.79 Å². The molecule has 0 aliphatic heterocycles. The van der Waals surface area contributed by atoms with Crippen molar-refractivity contribution in [1.29, 1.82) is 0 Å². The third kappa shape index (κ3) is 3.10. The zero-order valence-electron chi connectivity index (χ0n) is 9.51. The summed E-state index contributed by atoms with van der Waals surface area (Å²) in [7, 11) is 0. The number of hydrogen-bond donors (Lipinski definition) is 3. The number of nitrogens with zero attached hydrogens (tertiary/aromatic N) is 1. The molecule has 6 nitrogen and oxygen atoms in total. The molecule has 5 N–H and O–H groups in total. The first kappa shape index (κ1) is 12.8. The Balaban J connectivity index is 3.12. The van der Waals surface area contributed by atoms with Crippen molar-refractivity contribution in [2.45, 2.75) is 6.92 Å². The lowest BCUT2D eigenvalue weighted by molar-refractivity contribution is -0.116. The number of carboxylic acid groups (broad SMARTS) is 1. The van der Waals surface area contributed by atoms with E-state index < -0.39 is 11.9 Å². The fraction of sp³-hybridized carbons (Fsp3) is 0.273. The van der Waals surface area contributed by atoms with Gasteiger partial charge >= 0.3 is 5.97 Å². The molecule has 0 aromatic heterocycles. The Morgan fingerprint density at radius 3 is 2.53 bits per heavy atom. The average molecular weight is 237 g/mol. The minimum absolute atomic E-state index is 0.00374. The van der Waals surface area contributed by atoms with Crippen molar-refractivity contribution in [1.82, 2.24) is 0 Å². The van der Waals surface area contributed by atoms with E-state index in [-0.39, 0.29) is 12.1 Å². The Labute approximate surface area is 98.8 Å². The zero-order valence-corrected chi connectivity index (χ0v) is 9.51. The van der Waals surface area contributed by atoms with Crippen LogP contribution in [0.25, 0.3) is 0 Å². The Morgan fingerprint density at radius 2 is 2.06 bits per heavy atom.